The van der Waals surface area contributed by atoms with E-state index in [2.05, 4.69) is 120 Å². The fourth-order valence-electron chi connectivity index (χ4n) is 9.56. The molecule has 13 aromatic carbocycles. The van der Waals surface area contributed by atoms with E-state index >= 15 is 0 Å². The molecule has 1 aliphatic rings. The number of Topliss-reactive ketones (excluding diaryl/α,β-unsaturated/α-hetero) is 3. The number of carboxylic acid groups (broad SMARTS) is 5. The first-order chi connectivity index (χ1) is 59.5. The number of carboxylic acids is 5. The van der Waals surface area contributed by atoms with E-state index in [1.54, 1.807) is 115 Å². The Hall–Kier alpha value is -12.5. The van der Waals surface area contributed by atoms with Crippen molar-refractivity contribution in [2.75, 3.05) is 0 Å². The number of carbonyl (C=O) groups is 8. The van der Waals surface area contributed by atoms with Crippen LogP contribution in [-0.2, 0) is 87.5 Å². The van der Waals surface area contributed by atoms with Crippen LogP contribution in [0.15, 0.2) is 395 Å². The van der Waals surface area contributed by atoms with E-state index in [9.17, 15) is 99.3 Å². The summed E-state index contributed by atoms with van der Waals surface area (Å²) in [6, 6.07) is 104. The molecule has 0 amide bonds. The van der Waals surface area contributed by atoms with Crippen molar-refractivity contribution >= 4 is 161 Å². The minimum atomic E-state index is -6.09. The van der Waals surface area contributed by atoms with E-state index in [4.69, 9.17) is 59.4 Å². The molecule has 0 saturated heterocycles. The number of aliphatic carboxylic acids is 4. The zero-order chi connectivity index (χ0) is 93.3. The molecule has 652 valence electrons. The average Bonchev–Trinajstić information content (AvgIpc) is 1.54. The van der Waals surface area contributed by atoms with Crippen LogP contribution in [0.3, 0.4) is 0 Å². The second-order valence-corrected chi connectivity index (χ2v) is 36.2. The van der Waals surface area contributed by atoms with Gasteiger partial charge in [-0.25, -0.2) is 8.42 Å². The number of aryl methyl sites for hydroxylation is 2. The van der Waals surface area contributed by atoms with E-state index in [-0.39, 0.29) is 65.8 Å². The number of alkyl halides is 3. The minimum Gasteiger partial charge on any atom is -0.858 e. The molecular weight excluding hydrogens is 1830 g/mol. The number of carbonyl (C=O) groups excluding carboxylic acids is 8. The maximum atomic E-state index is 11.1. The van der Waals surface area contributed by atoms with Crippen LogP contribution in [0.4, 0.5) is 13.2 Å². The maximum Gasteiger partial charge on any atom is 0.485 e. The molecule has 1 unspecified atom stereocenters. The van der Waals surface area contributed by atoms with Crippen LogP contribution in [-0.4, -0.2) is 88.8 Å². The summed E-state index contributed by atoms with van der Waals surface area (Å²) in [5.74, 6) is -10.8. The van der Waals surface area contributed by atoms with Gasteiger partial charge in [-0.1, -0.05) is 270 Å². The number of fused-ring (bicyclic) bond motifs is 1. The van der Waals surface area contributed by atoms with Crippen LogP contribution in [0.5, 0.6) is 0 Å². The lowest BCUT2D eigenvalue weighted by molar-refractivity contribution is -0.305. The second-order valence-electron chi connectivity index (χ2n) is 24.7. The molecule has 1 aliphatic heterocycles. The predicted molar refractivity (Wildman–Crippen MR) is 463 cm³/mol. The molecule has 14 rings (SSSR count). The van der Waals surface area contributed by atoms with E-state index in [1.165, 1.54) is 108 Å². The fraction of sp³-hybridized carbons (Fsp3) is 0.0440. The van der Waals surface area contributed by atoms with Gasteiger partial charge < -0.3 is 63.7 Å². The largest absolute Gasteiger partial charge is 0.858 e. The van der Waals surface area contributed by atoms with Crippen LogP contribution >= 0.6 is 46.4 Å². The number of hydrogen-bond donors (Lipinski definition) is 0. The maximum absolute atomic E-state index is 11.1. The predicted octanol–water partition coefficient (Wildman–Crippen LogP) is 12.2. The first-order valence-corrected chi connectivity index (χ1v) is 44.9. The first kappa shape index (κ1) is 104. The van der Waals surface area contributed by atoms with Gasteiger partial charge >= 0.3 is 5.51 Å². The molecule has 0 bridgehead atoms. The highest BCUT2D eigenvalue weighted by Crippen LogP contribution is 2.35. The molecule has 0 radical (unpaired) electrons. The molecule has 126 heavy (non-hydrogen) atoms. The normalized spacial score (nSPS) is 11.5. The van der Waals surface area contributed by atoms with Gasteiger partial charge in [0.15, 0.2) is 39.5 Å². The third-order valence-electron chi connectivity index (χ3n) is 15.5. The Labute approximate surface area is 753 Å². The number of sulfonamides is 1. The Morgan fingerprint density at radius 1 is 0.373 bits per heavy atom. The zero-order valence-electron chi connectivity index (χ0n) is 65.3. The summed E-state index contributed by atoms with van der Waals surface area (Å²) >= 11 is 28.3. The Bertz CT molecular complexity index is 5840. The highest BCUT2D eigenvalue weighted by atomic mass is 35.5. The van der Waals surface area contributed by atoms with Crippen LogP contribution < -0.4 is 30.6 Å². The van der Waals surface area contributed by atoms with Gasteiger partial charge in [0, 0.05) is 65.5 Å². The summed E-state index contributed by atoms with van der Waals surface area (Å²) in [7, 11) is -13.5. The molecule has 0 N–H and O–H groups in total. The van der Waals surface area contributed by atoms with E-state index in [1.807, 2.05) is 73.7 Å². The Morgan fingerprint density at radius 3 is 0.865 bits per heavy atom. The number of halogens is 7. The number of benzene rings is 13. The van der Waals surface area contributed by atoms with Crippen molar-refractivity contribution in [3.05, 3.63) is 416 Å². The van der Waals surface area contributed by atoms with Gasteiger partial charge in [-0.2, -0.15) is 26.0 Å². The van der Waals surface area contributed by atoms with Gasteiger partial charge in [-0.3, -0.25) is 18.6 Å². The number of aromatic carboxylic acids is 1. The van der Waals surface area contributed by atoms with Crippen LogP contribution in [0, 0.1) is 13.8 Å². The third-order valence-corrected chi connectivity index (χ3v) is 24.3. The standard InChI is InChI=1S/C19H15Cl2S.C18H13Cl2S.C9H10O2.3C8H6O3.C7H5NO3S.C7H6O2.C6H6O2S2.CHF3O3S/c1-14-2-8-17(9-3-14)22(18-10-4-15(20)5-11-18)19-12-6-16(21)7-13-19;19-14-6-10-17(11-7-14)21(16-4-2-1-3-5-16)18-12-8-15(20)9-13-18;1-7-2-4-8(5-3-7)6-9(10)11;3*9-7(8(10)11)6-4-2-1-3-5-6;9-7-5-3-1-2-4-6(5)12(10,11)8-7;8-7(9)6-4-2-1-3-5-6;7-10(8,9)6-4-2-1-3-5-6;2-1(3,4)8(5,6)7/h2-13H,1H3;1-13H;2-5H,6H2,1H3,(H,10,11);3*1-5H,(H,10,11);1-4H,(H,8,9);1-5H,(H,8,9);1-5H,(H,7,8,9);(H,5,6,7)/q2*+1;;;;;;;;/p-8. The molecule has 0 fully saturated rings. The second kappa shape index (κ2) is 51.7. The molecule has 35 heteroatoms. The third kappa shape index (κ3) is 36.8. The first-order valence-electron chi connectivity index (χ1n) is 35.7. The summed E-state index contributed by atoms with van der Waals surface area (Å²) in [5, 5.41) is 64.3. The molecule has 0 aromatic heterocycles. The number of nitrogens with zero attached hydrogens (tertiary/aromatic N) is 1. The van der Waals surface area contributed by atoms with Crippen molar-refractivity contribution < 1.29 is 112 Å². The van der Waals surface area contributed by atoms with Crippen molar-refractivity contribution in [3.63, 3.8) is 0 Å². The van der Waals surface area contributed by atoms with Gasteiger partial charge in [-0.05, 0) is 184 Å². The van der Waals surface area contributed by atoms with Gasteiger partial charge in [0.05, 0.1) is 32.7 Å². The number of ketones is 3. The Balaban J connectivity index is 0.000000253. The Morgan fingerprint density at radius 2 is 0.619 bits per heavy atom. The van der Waals surface area contributed by atoms with Crippen molar-refractivity contribution in [2.24, 2.45) is 4.40 Å². The summed E-state index contributed by atoms with van der Waals surface area (Å²) in [5.41, 5.74) is -1.64. The Kier molecular flexibility index (Phi) is 42.7. The monoisotopic (exact) mass is 1900 g/mol. The SMILES string of the molecule is Cc1ccc(CC(=O)[O-])cc1.Cc1ccc([S+](c2ccc(Cl)cc2)c2ccc(Cl)cc2)cc1.Clc1ccc([S+](c2ccccc2)c2ccc(Cl)cc2)cc1.O=C([O-])C(=O)c1ccccc1.O=C([O-])C(=O)c1ccccc1.O=C([O-])C(=O)c1ccccc1.O=C([O-])c1ccccc1.O=S(=O)([O-])C(F)(F)F.O=S([O-])(=S)c1ccccc1.O=S1(=O)N=C([O-])c2ccccc21. The molecular formula is C91H66Cl4F3NO21S6-6. The summed E-state index contributed by atoms with van der Waals surface area (Å²) in [4.78, 5) is 90.1. The lowest BCUT2D eigenvalue weighted by Crippen LogP contribution is -2.31. The molecule has 1 atom stereocenters. The topological polar surface area (TPSA) is 419 Å². The van der Waals surface area contributed by atoms with Crippen molar-refractivity contribution in [3.8, 4) is 0 Å². The van der Waals surface area contributed by atoms with Crippen molar-refractivity contribution in [1.29, 1.82) is 0 Å². The van der Waals surface area contributed by atoms with Crippen LogP contribution in [0.25, 0.3) is 0 Å². The highest BCUT2D eigenvalue weighted by molar-refractivity contribution is 8.29. The average molecular weight is 1900 g/mol. The lowest BCUT2D eigenvalue weighted by Gasteiger charge is -2.08. The van der Waals surface area contributed by atoms with Crippen molar-refractivity contribution in [1.82, 2.24) is 0 Å². The van der Waals surface area contributed by atoms with E-state index < -0.39 is 87.5 Å². The highest BCUT2D eigenvalue weighted by Gasteiger charge is 2.37. The number of rotatable bonds is 16. The summed E-state index contributed by atoms with van der Waals surface area (Å²) < 4.78 is 105. The fourth-order valence-corrected chi connectivity index (χ4v) is 16.1. The summed E-state index contributed by atoms with van der Waals surface area (Å²) in [6.45, 7) is 4.06. The molecule has 22 nitrogen and oxygen atoms in total. The zero-order valence-corrected chi connectivity index (χ0v) is 73.2. The summed E-state index contributed by atoms with van der Waals surface area (Å²) in [6.07, 6.45) is 0.000278. The molecule has 0 saturated carbocycles. The molecule has 0 spiro atoms. The van der Waals surface area contributed by atoms with Gasteiger partial charge in [0.2, 0.25) is 17.3 Å². The molecule has 13 aromatic rings. The van der Waals surface area contributed by atoms with Gasteiger partial charge in [0.25, 0.3) is 10.0 Å². The minimum absolute atomic E-state index is 0.000278. The quantitative estimate of drug-likeness (QED) is 0.0285. The van der Waals surface area contributed by atoms with Crippen LogP contribution in [0.1, 0.15) is 63.7 Å². The van der Waals surface area contributed by atoms with Gasteiger partial charge in [0.1, 0.15) is 17.9 Å². The van der Waals surface area contributed by atoms with E-state index in [0.29, 0.717) is 0 Å². The molecule has 0 aliphatic carbocycles. The number of hydrogen-bond acceptors (Lipinski definition) is 22. The van der Waals surface area contributed by atoms with Gasteiger partial charge in [-0.15, -0.1) is 0 Å². The van der Waals surface area contributed by atoms with Crippen LogP contribution in [0.2, 0.25) is 20.1 Å². The molecule has 1 heterocycles. The lowest BCUT2D eigenvalue weighted by atomic mass is 10.1. The van der Waals surface area contributed by atoms with E-state index in [0.717, 1.165) is 31.2 Å². The smallest absolute Gasteiger partial charge is 0.485 e. The van der Waals surface area contributed by atoms with Crippen molar-refractivity contribution in [2.45, 2.75) is 64.9 Å².